The highest BCUT2D eigenvalue weighted by molar-refractivity contribution is 6.16. The minimum Gasteiger partial charge on any atom is -0.497 e. The van der Waals surface area contributed by atoms with Crippen molar-refractivity contribution < 1.29 is 4.74 Å². The Balaban J connectivity index is 1.97. The molecule has 1 saturated carbocycles. The lowest BCUT2D eigenvalue weighted by atomic mass is 9.84. The van der Waals surface area contributed by atoms with Crippen LogP contribution in [-0.2, 0) is 5.88 Å². The SMILES string of the molecule is CCC1CCC(n2c(CCl)nc3cc(OC)ccc32)CC1. The predicted molar refractivity (Wildman–Crippen MR) is 87.1 cm³/mol. The van der Waals surface area contributed by atoms with Crippen molar-refractivity contribution in [3.05, 3.63) is 24.0 Å². The molecule has 0 atom stereocenters. The Hall–Kier alpha value is -1.22. The number of rotatable bonds is 4. The summed E-state index contributed by atoms with van der Waals surface area (Å²) in [7, 11) is 1.69. The van der Waals surface area contributed by atoms with Gasteiger partial charge in [0.05, 0.1) is 24.0 Å². The zero-order valence-corrected chi connectivity index (χ0v) is 13.6. The fourth-order valence-corrected chi connectivity index (χ4v) is 3.76. The summed E-state index contributed by atoms with van der Waals surface area (Å²) in [6.45, 7) is 2.30. The molecular formula is C17H23ClN2O. The van der Waals surface area contributed by atoms with Gasteiger partial charge in [0.1, 0.15) is 11.6 Å². The van der Waals surface area contributed by atoms with Crippen LogP contribution in [0.5, 0.6) is 5.75 Å². The number of fused-ring (bicyclic) bond motifs is 1. The summed E-state index contributed by atoms with van der Waals surface area (Å²) in [6.07, 6.45) is 6.41. The molecule has 0 radical (unpaired) electrons. The van der Waals surface area contributed by atoms with Gasteiger partial charge in [-0.1, -0.05) is 13.3 Å². The van der Waals surface area contributed by atoms with Gasteiger partial charge in [0.25, 0.3) is 0 Å². The van der Waals surface area contributed by atoms with Gasteiger partial charge in [0.15, 0.2) is 0 Å². The van der Waals surface area contributed by atoms with E-state index in [1.807, 2.05) is 12.1 Å². The summed E-state index contributed by atoms with van der Waals surface area (Å²) < 4.78 is 7.67. The first kappa shape index (κ1) is 14.7. The molecule has 4 heteroatoms. The Morgan fingerprint density at radius 1 is 1.29 bits per heavy atom. The Morgan fingerprint density at radius 3 is 2.67 bits per heavy atom. The number of benzene rings is 1. The molecule has 2 aromatic rings. The van der Waals surface area contributed by atoms with E-state index >= 15 is 0 Å². The summed E-state index contributed by atoms with van der Waals surface area (Å²) in [5.41, 5.74) is 2.18. The van der Waals surface area contributed by atoms with Gasteiger partial charge < -0.3 is 9.30 Å². The fourth-order valence-electron chi connectivity index (χ4n) is 3.57. The van der Waals surface area contributed by atoms with E-state index < -0.39 is 0 Å². The highest BCUT2D eigenvalue weighted by Gasteiger charge is 2.24. The van der Waals surface area contributed by atoms with Gasteiger partial charge in [0.2, 0.25) is 0 Å². The summed E-state index contributed by atoms with van der Waals surface area (Å²) in [6, 6.07) is 6.67. The first-order chi connectivity index (χ1) is 10.3. The van der Waals surface area contributed by atoms with Gasteiger partial charge in [-0.25, -0.2) is 4.98 Å². The molecule has 0 aliphatic heterocycles. The van der Waals surface area contributed by atoms with Crippen LogP contribution in [0.4, 0.5) is 0 Å². The minimum absolute atomic E-state index is 0.463. The largest absolute Gasteiger partial charge is 0.497 e. The van der Waals surface area contributed by atoms with Crippen molar-refractivity contribution in [1.82, 2.24) is 9.55 Å². The quantitative estimate of drug-likeness (QED) is 0.749. The third-order valence-corrected chi connectivity index (χ3v) is 5.09. The molecule has 1 aromatic carbocycles. The molecule has 0 saturated heterocycles. The number of hydrogen-bond acceptors (Lipinski definition) is 2. The van der Waals surface area contributed by atoms with Gasteiger partial charge in [-0.3, -0.25) is 0 Å². The fraction of sp³-hybridized carbons (Fsp3) is 0.588. The third-order valence-electron chi connectivity index (χ3n) is 4.85. The van der Waals surface area contributed by atoms with Crippen molar-refractivity contribution >= 4 is 22.6 Å². The highest BCUT2D eigenvalue weighted by Crippen LogP contribution is 2.37. The Bertz CT molecular complexity index is 615. The maximum absolute atomic E-state index is 6.14. The van der Waals surface area contributed by atoms with E-state index in [2.05, 4.69) is 17.6 Å². The molecule has 0 N–H and O–H groups in total. The molecule has 1 fully saturated rings. The van der Waals surface area contributed by atoms with Crippen molar-refractivity contribution in [3.63, 3.8) is 0 Å². The van der Waals surface area contributed by atoms with E-state index in [4.69, 9.17) is 21.3 Å². The highest BCUT2D eigenvalue weighted by atomic mass is 35.5. The number of halogens is 1. The van der Waals surface area contributed by atoms with Crippen molar-refractivity contribution in [2.45, 2.75) is 50.9 Å². The predicted octanol–water partition coefficient (Wildman–Crippen LogP) is 4.93. The van der Waals surface area contributed by atoms with E-state index in [9.17, 15) is 0 Å². The number of ether oxygens (including phenoxy) is 1. The van der Waals surface area contributed by atoms with Crippen LogP contribution in [0.1, 0.15) is 50.9 Å². The molecule has 21 heavy (non-hydrogen) atoms. The van der Waals surface area contributed by atoms with Crippen molar-refractivity contribution in [2.24, 2.45) is 5.92 Å². The molecule has 0 spiro atoms. The average molecular weight is 307 g/mol. The summed E-state index contributed by atoms with van der Waals surface area (Å²) >= 11 is 6.14. The first-order valence-corrected chi connectivity index (χ1v) is 8.41. The van der Waals surface area contributed by atoms with E-state index in [0.717, 1.165) is 23.0 Å². The second kappa shape index (κ2) is 6.27. The normalized spacial score (nSPS) is 22.6. The van der Waals surface area contributed by atoms with Crippen LogP contribution in [0.15, 0.2) is 18.2 Å². The van der Waals surface area contributed by atoms with Gasteiger partial charge in [0, 0.05) is 12.1 Å². The van der Waals surface area contributed by atoms with Crippen molar-refractivity contribution in [1.29, 1.82) is 0 Å². The number of imidazole rings is 1. The van der Waals surface area contributed by atoms with E-state index in [1.165, 1.54) is 37.6 Å². The number of alkyl halides is 1. The zero-order chi connectivity index (χ0) is 14.8. The molecule has 0 bridgehead atoms. The molecule has 3 rings (SSSR count). The lowest BCUT2D eigenvalue weighted by Gasteiger charge is -2.30. The maximum atomic E-state index is 6.14. The number of hydrogen-bond donors (Lipinski definition) is 0. The van der Waals surface area contributed by atoms with Gasteiger partial charge >= 0.3 is 0 Å². The Morgan fingerprint density at radius 2 is 2.05 bits per heavy atom. The first-order valence-electron chi connectivity index (χ1n) is 7.87. The lowest BCUT2D eigenvalue weighted by Crippen LogP contribution is -2.19. The maximum Gasteiger partial charge on any atom is 0.125 e. The van der Waals surface area contributed by atoms with Crippen LogP contribution in [0.3, 0.4) is 0 Å². The minimum atomic E-state index is 0.463. The standard InChI is InChI=1S/C17H23ClN2O/c1-3-12-4-6-13(7-5-12)20-16-9-8-14(21-2)10-15(16)19-17(20)11-18/h8-10,12-13H,3-7,11H2,1-2H3. The van der Waals surface area contributed by atoms with Crippen LogP contribution < -0.4 is 4.74 Å². The summed E-state index contributed by atoms with van der Waals surface area (Å²) in [5, 5.41) is 0. The third kappa shape index (κ3) is 2.76. The number of nitrogens with zero attached hydrogens (tertiary/aromatic N) is 2. The smallest absolute Gasteiger partial charge is 0.125 e. The van der Waals surface area contributed by atoms with Crippen LogP contribution in [0, 0.1) is 5.92 Å². The second-order valence-corrected chi connectivity index (χ2v) is 6.24. The monoisotopic (exact) mass is 306 g/mol. The Labute approximate surface area is 131 Å². The summed E-state index contributed by atoms with van der Waals surface area (Å²) in [4.78, 5) is 4.71. The van der Waals surface area contributed by atoms with Gasteiger partial charge in [-0.05, 0) is 43.7 Å². The Kier molecular flexibility index (Phi) is 4.39. The van der Waals surface area contributed by atoms with Crippen LogP contribution in [0.25, 0.3) is 11.0 Å². The average Bonchev–Trinajstić information content (AvgIpc) is 2.92. The molecule has 0 amide bonds. The van der Waals surface area contributed by atoms with Crippen LogP contribution in [-0.4, -0.2) is 16.7 Å². The molecular weight excluding hydrogens is 284 g/mol. The van der Waals surface area contributed by atoms with Gasteiger partial charge in [-0.15, -0.1) is 11.6 Å². The van der Waals surface area contributed by atoms with E-state index in [0.29, 0.717) is 11.9 Å². The molecule has 1 heterocycles. The van der Waals surface area contributed by atoms with Crippen LogP contribution in [0.2, 0.25) is 0 Å². The number of methoxy groups -OCH3 is 1. The molecule has 1 aliphatic rings. The molecule has 3 nitrogen and oxygen atoms in total. The second-order valence-electron chi connectivity index (χ2n) is 5.97. The topological polar surface area (TPSA) is 27.1 Å². The molecule has 114 valence electrons. The molecule has 1 aromatic heterocycles. The molecule has 0 unspecified atom stereocenters. The lowest BCUT2D eigenvalue weighted by molar-refractivity contribution is 0.270. The van der Waals surface area contributed by atoms with E-state index in [1.54, 1.807) is 7.11 Å². The molecule has 1 aliphatic carbocycles. The van der Waals surface area contributed by atoms with E-state index in [-0.39, 0.29) is 0 Å². The zero-order valence-electron chi connectivity index (χ0n) is 12.8. The van der Waals surface area contributed by atoms with Crippen LogP contribution >= 0.6 is 11.6 Å². The van der Waals surface area contributed by atoms with Crippen molar-refractivity contribution in [2.75, 3.05) is 7.11 Å². The van der Waals surface area contributed by atoms with Gasteiger partial charge in [-0.2, -0.15) is 0 Å². The number of aromatic nitrogens is 2. The van der Waals surface area contributed by atoms with Crippen molar-refractivity contribution in [3.8, 4) is 5.75 Å². The summed E-state index contributed by atoms with van der Waals surface area (Å²) in [5.74, 6) is 3.20.